The fourth-order valence-corrected chi connectivity index (χ4v) is 1.36. The van der Waals surface area contributed by atoms with Crippen LogP contribution in [-0.4, -0.2) is 30.5 Å². The number of hydrogen-bond acceptors (Lipinski definition) is 6. The molecule has 7 nitrogen and oxygen atoms in total. The van der Waals surface area contributed by atoms with Gasteiger partial charge in [0.05, 0.1) is 35.5 Å². The van der Waals surface area contributed by atoms with E-state index >= 15 is 0 Å². The Morgan fingerprint density at radius 1 is 1.44 bits per heavy atom. The zero-order valence-corrected chi connectivity index (χ0v) is 10.1. The van der Waals surface area contributed by atoms with Gasteiger partial charge in [0.2, 0.25) is 0 Å². The molecule has 0 aromatic heterocycles. The van der Waals surface area contributed by atoms with Gasteiger partial charge in [0.25, 0.3) is 5.69 Å². The molecule has 0 spiro atoms. The van der Waals surface area contributed by atoms with E-state index in [4.69, 9.17) is 21.1 Å². The lowest BCUT2D eigenvalue weighted by Gasteiger charge is -2.12. The monoisotopic (exact) mass is 274 g/mol. The van der Waals surface area contributed by atoms with Gasteiger partial charge < -0.3 is 19.4 Å². The molecule has 1 aromatic carbocycles. The molecular weight excluding hydrogens is 266 g/mol. The van der Waals surface area contributed by atoms with Crippen molar-refractivity contribution in [3.8, 4) is 11.5 Å². The minimum absolute atomic E-state index is 0.0508. The first-order valence-corrected chi connectivity index (χ1v) is 5.31. The molecular formula is C10H9ClNO6-. The molecule has 0 radical (unpaired) electrons. The number of carbonyl (C=O) groups excluding carboxylic acids is 1. The first kappa shape index (κ1) is 14.0. The van der Waals surface area contributed by atoms with E-state index in [1.807, 2.05) is 0 Å². The number of carboxylic acids is 1. The summed E-state index contributed by atoms with van der Waals surface area (Å²) in [5.41, 5.74) is -1.20. The molecule has 0 aliphatic heterocycles. The summed E-state index contributed by atoms with van der Waals surface area (Å²) in [5.74, 6) is -1.37. The van der Waals surface area contributed by atoms with Crippen LogP contribution in [0.15, 0.2) is 12.1 Å². The summed E-state index contributed by atoms with van der Waals surface area (Å²) < 4.78 is 10.0. The van der Waals surface area contributed by atoms with Gasteiger partial charge in [-0.15, -0.1) is 11.6 Å². The second kappa shape index (κ2) is 6.06. The van der Waals surface area contributed by atoms with Gasteiger partial charge in [0.1, 0.15) is 6.61 Å². The van der Waals surface area contributed by atoms with Crippen molar-refractivity contribution in [1.82, 2.24) is 0 Å². The summed E-state index contributed by atoms with van der Waals surface area (Å²) in [5, 5.41) is 21.5. The zero-order chi connectivity index (χ0) is 13.7. The van der Waals surface area contributed by atoms with E-state index in [9.17, 15) is 20.0 Å². The molecule has 0 aliphatic rings. The fourth-order valence-electron chi connectivity index (χ4n) is 1.28. The molecule has 1 aromatic rings. The molecule has 0 fully saturated rings. The molecule has 0 saturated carbocycles. The van der Waals surface area contributed by atoms with Crippen LogP contribution in [0.2, 0.25) is 0 Å². The van der Waals surface area contributed by atoms with Gasteiger partial charge in [-0.25, -0.2) is 0 Å². The number of aromatic carboxylic acids is 1. The summed E-state index contributed by atoms with van der Waals surface area (Å²) in [4.78, 5) is 20.7. The van der Waals surface area contributed by atoms with E-state index < -0.39 is 22.1 Å². The van der Waals surface area contributed by atoms with Crippen LogP contribution in [0, 0.1) is 10.1 Å². The summed E-state index contributed by atoms with van der Waals surface area (Å²) in [7, 11) is 1.29. The molecule has 1 rings (SSSR count). The Hall–Kier alpha value is -2.02. The Morgan fingerprint density at radius 3 is 2.56 bits per heavy atom. The van der Waals surface area contributed by atoms with Gasteiger partial charge in [0.15, 0.2) is 11.5 Å². The highest BCUT2D eigenvalue weighted by molar-refractivity contribution is 6.18. The maximum atomic E-state index is 10.8. The van der Waals surface area contributed by atoms with E-state index in [1.165, 1.54) is 7.11 Å². The second-order valence-corrected chi connectivity index (χ2v) is 3.48. The van der Waals surface area contributed by atoms with Gasteiger partial charge in [-0.3, -0.25) is 10.1 Å². The quantitative estimate of drug-likeness (QED) is 0.427. The van der Waals surface area contributed by atoms with Gasteiger partial charge in [0, 0.05) is 0 Å². The lowest BCUT2D eigenvalue weighted by Crippen LogP contribution is -2.23. The number of nitro groups is 1. The number of nitrogens with zero attached hydrogens (tertiary/aromatic N) is 1. The van der Waals surface area contributed by atoms with Crippen molar-refractivity contribution >= 4 is 23.3 Å². The van der Waals surface area contributed by atoms with Crippen LogP contribution in [0.25, 0.3) is 0 Å². The molecule has 98 valence electrons. The van der Waals surface area contributed by atoms with E-state index in [0.29, 0.717) is 0 Å². The highest BCUT2D eigenvalue weighted by atomic mass is 35.5. The first-order chi connectivity index (χ1) is 8.51. The Bertz CT molecular complexity index is 476. The van der Waals surface area contributed by atoms with Crippen LogP contribution in [0.3, 0.4) is 0 Å². The van der Waals surface area contributed by atoms with Crippen LogP contribution >= 0.6 is 11.6 Å². The number of alkyl halides is 1. The molecule has 8 heteroatoms. The number of benzene rings is 1. The average molecular weight is 275 g/mol. The van der Waals surface area contributed by atoms with Gasteiger partial charge in [-0.1, -0.05) is 0 Å². The molecule has 0 saturated heterocycles. The third-order valence-corrected chi connectivity index (χ3v) is 2.19. The molecule has 0 unspecified atom stereocenters. The number of carboxylic acid groups (broad SMARTS) is 1. The molecule has 18 heavy (non-hydrogen) atoms. The highest BCUT2D eigenvalue weighted by Gasteiger charge is 2.20. The van der Waals surface area contributed by atoms with Gasteiger partial charge in [-0.05, 0) is 6.07 Å². The highest BCUT2D eigenvalue weighted by Crippen LogP contribution is 2.34. The summed E-state index contributed by atoms with van der Waals surface area (Å²) in [6, 6.07) is 1.95. The van der Waals surface area contributed by atoms with Crippen LogP contribution in [0.4, 0.5) is 5.69 Å². The van der Waals surface area contributed by atoms with E-state index in [2.05, 4.69) is 0 Å². The minimum atomic E-state index is -1.66. The topological polar surface area (TPSA) is 102 Å². The second-order valence-electron chi connectivity index (χ2n) is 3.10. The van der Waals surface area contributed by atoms with Crippen molar-refractivity contribution in [2.75, 3.05) is 19.6 Å². The number of ether oxygens (including phenoxy) is 2. The predicted octanol–water partition coefficient (Wildman–Crippen LogP) is 0.585. The Morgan fingerprint density at radius 2 is 2.11 bits per heavy atom. The molecule has 0 heterocycles. The summed E-state index contributed by atoms with van der Waals surface area (Å²) in [6.07, 6.45) is 0. The van der Waals surface area contributed by atoms with Crippen molar-refractivity contribution < 1.29 is 24.3 Å². The van der Waals surface area contributed by atoms with Crippen LogP contribution in [0.5, 0.6) is 11.5 Å². The number of nitro benzene ring substituents is 1. The number of carbonyl (C=O) groups is 1. The fraction of sp³-hybridized carbons (Fsp3) is 0.300. The minimum Gasteiger partial charge on any atom is -0.545 e. The molecule has 0 aliphatic carbocycles. The lowest BCUT2D eigenvalue weighted by atomic mass is 10.1. The van der Waals surface area contributed by atoms with Crippen molar-refractivity contribution in [3.63, 3.8) is 0 Å². The molecule has 0 bridgehead atoms. The first-order valence-electron chi connectivity index (χ1n) is 4.77. The number of hydrogen-bond donors (Lipinski definition) is 0. The zero-order valence-electron chi connectivity index (χ0n) is 9.34. The third kappa shape index (κ3) is 3.01. The third-order valence-electron chi connectivity index (χ3n) is 2.03. The maximum absolute atomic E-state index is 10.8. The number of methoxy groups -OCH3 is 1. The Balaban J connectivity index is 3.31. The van der Waals surface area contributed by atoms with E-state index in [1.54, 1.807) is 0 Å². The Labute approximate surface area is 107 Å². The Kier molecular flexibility index (Phi) is 4.73. The van der Waals surface area contributed by atoms with E-state index in [0.717, 1.165) is 12.1 Å². The van der Waals surface area contributed by atoms with Crippen molar-refractivity contribution in [2.45, 2.75) is 0 Å². The number of rotatable bonds is 6. The molecule has 0 amide bonds. The van der Waals surface area contributed by atoms with Crippen LogP contribution < -0.4 is 14.6 Å². The normalized spacial score (nSPS) is 9.89. The van der Waals surface area contributed by atoms with Crippen molar-refractivity contribution in [2.24, 2.45) is 0 Å². The molecule has 0 N–H and O–H groups in total. The predicted molar refractivity (Wildman–Crippen MR) is 60.2 cm³/mol. The van der Waals surface area contributed by atoms with Crippen LogP contribution in [0.1, 0.15) is 10.4 Å². The van der Waals surface area contributed by atoms with Crippen molar-refractivity contribution in [1.29, 1.82) is 0 Å². The summed E-state index contributed by atoms with van der Waals surface area (Å²) >= 11 is 5.43. The smallest absolute Gasteiger partial charge is 0.282 e. The van der Waals surface area contributed by atoms with Gasteiger partial charge in [-0.2, -0.15) is 0 Å². The molecule has 0 atom stereocenters. The van der Waals surface area contributed by atoms with E-state index in [-0.39, 0.29) is 24.0 Å². The maximum Gasteiger partial charge on any atom is 0.282 e. The lowest BCUT2D eigenvalue weighted by molar-refractivity contribution is -0.385. The van der Waals surface area contributed by atoms with Crippen molar-refractivity contribution in [3.05, 3.63) is 27.8 Å². The average Bonchev–Trinajstić information content (AvgIpc) is 2.34. The summed E-state index contributed by atoms with van der Waals surface area (Å²) in [6.45, 7) is 0.111. The largest absolute Gasteiger partial charge is 0.545 e. The van der Waals surface area contributed by atoms with Gasteiger partial charge >= 0.3 is 0 Å². The standard InChI is InChI=1S/C10H10ClNO6/c1-17-8-4-6(10(13)14)7(12(15)16)5-9(8)18-3-2-11/h4-5H,2-3H2,1H3,(H,13,14)/p-1. The number of halogens is 1. The SMILES string of the molecule is COc1cc(C(=O)[O-])c([N+](=O)[O-])cc1OCCCl. The van der Waals surface area contributed by atoms with Crippen LogP contribution in [-0.2, 0) is 0 Å².